The number of imide groups is 1. The summed E-state index contributed by atoms with van der Waals surface area (Å²) in [5, 5.41) is 14.6. The molecule has 9 heteroatoms. The van der Waals surface area contributed by atoms with Gasteiger partial charge in [0.2, 0.25) is 11.8 Å². The summed E-state index contributed by atoms with van der Waals surface area (Å²) in [6.07, 6.45) is 8.25. The number of piperidine rings is 1. The molecule has 1 saturated heterocycles. The van der Waals surface area contributed by atoms with E-state index in [0.717, 1.165) is 29.8 Å². The van der Waals surface area contributed by atoms with E-state index in [1.807, 2.05) is 25.4 Å². The number of nitrogens with one attached hydrogen (secondary N) is 2. The molecule has 3 aliphatic rings. The van der Waals surface area contributed by atoms with Crippen molar-refractivity contribution < 1.29 is 14.4 Å². The third-order valence-corrected chi connectivity index (χ3v) is 6.94. The number of amides is 3. The van der Waals surface area contributed by atoms with Gasteiger partial charge in [-0.1, -0.05) is 24.5 Å². The molecule has 1 atom stereocenters. The maximum atomic E-state index is 12.9. The van der Waals surface area contributed by atoms with E-state index >= 15 is 0 Å². The lowest BCUT2D eigenvalue weighted by molar-refractivity contribution is -0.136. The number of aromatic nitrogens is 3. The Morgan fingerprint density at radius 2 is 1.97 bits per heavy atom. The van der Waals surface area contributed by atoms with E-state index in [4.69, 9.17) is 0 Å². The van der Waals surface area contributed by atoms with E-state index < -0.39 is 11.9 Å². The molecule has 1 unspecified atom stereocenters. The summed E-state index contributed by atoms with van der Waals surface area (Å²) in [6.45, 7) is 0.344. The standard InChI is InChI=1S/C22H26N6O3/c1-23-22(9-3-2-4-10-22)18-13-28(26-25-18)15-5-6-16-14(11-15)12-27(21(16)31)17-7-8-19(29)24-20(17)30/h5-6,11,13,17,23H,2-4,7-10,12H2,1H3,(H,24,29,30). The van der Waals surface area contributed by atoms with Crippen LogP contribution in [0.2, 0.25) is 0 Å². The first-order chi connectivity index (χ1) is 15.0. The summed E-state index contributed by atoms with van der Waals surface area (Å²) in [4.78, 5) is 38.1. The number of fused-ring (bicyclic) bond motifs is 1. The summed E-state index contributed by atoms with van der Waals surface area (Å²) in [5.74, 6) is -0.859. The van der Waals surface area contributed by atoms with Gasteiger partial charge in [-0.05, 0) is 50.1 Å². The number of hydrogen-bond acceptors (Lipinski definition) is 6. The fourth-order valence-corrected chi connectivity index (χ4v) is 5.10. The highest BCUT2D eigenvalue weighted by molar-refractivity contribution is 6.05. The quantitative estimate of drug-likeness (QED) is 0.721. The van der Waals surface area contributed by atoms with Gasteiger partial charge in [-0.2, -0.15) is 0 Å². The van der Waals surface area contributed by atoms with E-state index in [0.29, 0.717) is 18.5 Å². The highest BCUT2D eigenvalue weighted by atomic mass is 16.2. The Morgan fingerprint density at radius 1 is 1.16 bits per heavy atom. The highest BCUT2D eigenvalue weighted by Gasteiger charge is 2.39. The topological polar surface area (TPSA) is 109 Å². The molecule has 31 heavy (non-hydrogen) atoms. The summed E-state index contributed by atoms with van der Waals surface area (Å²) in [7, 11) is 1.98. The van der Waals surface area contributed by atoms with Crippen LogP contribution in [0.5, 0.6) is 0 Å². The Bertz CT molecular complexity index is 1060. The predicted octanol–water partition coefficient (Wildman–Crippen LogP) is 1.41. The van der Waals surface area contributed by atoms with E-state index in [-0.39, 0.29) is 23.8 Å². The minimum Gasteiger partial charge on any atom is -0.322 e. The zero-order valence-electron chi connectivity index (χ0n) is 17.6. The molecule has 1 saturated carbocycles. The molecule has 1 aliphatic carbocycles. The van der Waals surface area contributed by atoms with Crippen LogP contribution in [0, 0.1) is 0 Å². The molecular formula is C22H26N6O3. The third kappa shape index (κ3) is 3.33. The largest absolute Gasteiger partial charge is 0.322 e. The average molecular weight is 422 g/mol. The van der Waals surface area contributed by atoms with E-state index in [9.17, 15) is 14.4 Å². The molecule has 0 radical (unpaired) electrons. The van der Waals surface area contributed by atoms with Crippen molar-refractivity contribution >= 4 is 17.7 Å². The molecule has 3 amide bonds. The second-order valence-electron chi connectivity index (χ2n) is 8.68. The number of rotatable bonds is 4. The Labute approximate surface area is 180 Å². The maximum absolute atomic E-state index is 12.9. The minimum atomic E-state index is -0.610. The molecule has 162 valence electrons. The summed E-state index contributed by atoms with van der Waals surface area (Å²) >= 11 is 0. The van der Waals surface area contributed by atoms with Crippen molar-refractivity contribution in [3.63, 3.8) is 0 Å². The van der Waals surface area contributed by atoms with Gasteiger partial charge < -0.3 is 10.2 Å². The maximum Gasteiger partial charge on any atom is 0.255 e. The molecule has 1 aromatic carbocycles. The van der Waals surface area contributed by atoms with Crippen LogP contribution in [0.1, 0.15) is 66.6 Å². The van der Waals surface area contributed by atoms with Gasteiger partial charge in [0.1, 0.15) is 11.7 Å². The van der Waals surface area contributed by atoms with Crippen LogP contribution >= 0.6 is 0 Å². The third-order valence-electron chi connectivity index (χ3n) is 6.94. The van der Waals surface area contributed by atoms with Gasteiger partial charge in [0.05, 0.1) is 17.4 Å². The Hall–Kier alpha value is -3.07. The SMILES string of the molecule is CNC1(c2cn(-c3ccc4c(c3)CN(C3CCC(=O)NC3=O)C4=O)nn2)CCCCC1. The van der Waals surface area contributed by atoms with Crippen molar-refractivity contribution in [1.29, 1.82) is 0 Å². The first-order valence-electron chi connectivity index (χ1n) is 10.9. The van der Waals surface area contributed by atoms with Gasteiger partial charge in [0.15, 0.2) is 0 Å². The molecule has 2 N–H and O–H groups in total. The number of benzene rings is 1. The monoisotopic (exact) mass is 422 g/mol. The predicted molar refractivity (Wildman–Crippen MR) is 111 cm³/mol. The zero-order valence-corrected chi connectivity index (χ0v) is 17.6. The summed E-state index contributed by atoms with van der Waals surface area (Å²) < 4.78 is 1.75. The molecule has 2 aromatic rings. The van der Waals surface area contributed by atoms with Crippen molar-refractivity contribution in [2.75, 3.05) is 7.05 Å². The first kappa shape index (κ1) is 19.9. The lowest BCUT2D eigenvalue weighted by Gasteiger charge is -2.35. The first-order valence-corrected chi connectivity index (χ1v) is 10.9. The molecule has 9 nitrogen and oxygen atoms in total. The van der Waals surface area contributed by atoms with Crippen molar-refractivity contribution in [3.8, 4) is 5.69 Å². The van der Waals surface area contributed by atoms with Crippen LogP contribution in [-0.4, -0.2) is 50.7 Å². The molecule has 1 aromatic heterocycles. The molecule has 5 rings (SSSR count). The second-order valence-corrected chi connectivity index (χ2v) is 8.68. The number of carbonyl (C=O) groups is 3. The Morgan fingerprint density at radius 3 is 2.71 bits per heavy atom. The molecule has 2 aliphatic heterocycles. The second kappa shape index (κ2) is 7.56. The van der Waals surface area contributed by atoms with Crippen molar-refractivity contribution in [2.45, 2.75) is 63.1 Å². The highest BCUT2D eigenvalue weighted by Crippen LogP contribution is 2.36. The van der Waals surface area contributed by atoms with Crippen LogP contribution < -0.4 is 10.6 Å². The van der Waals surface area contributed by atoms with Crippen molar-refractivity contribution in [2.24, 2.45) is 0 Å². The van der Waals surface area contributed by atoms with Crippen molar-refractivity contribution in [1.82, 2.24) is 30.5 Å². The lowest BCUT2D eigenvalue weighted by atomic mass is 9.80. The van der Waals surface area contributed by atoms with Crippen molar-refractivity contribution in [3.05, 3.63) is 41.2 Å². The van der Waals surface area contributed by atoms with Crippen LogP contribution in [0.25, 0.3) is 5.69 Å². The fraction of sp³-hybridized carbons (Fsp3) is 0.500. The van der Waals surface area contributed by atoms with Gasteiger partial charge in [-0.25, -0.2) is 4.68 Å². The molecule has 0 bridgehead atoms. The number of nitrogens with zero attached hydrogens (tertiary/aromatic N) is 4. The van der Waals surface area contributed by atoms with Gasteiger partial charge >= 0.3 is 0 Å². The number of hydrogen-bond donors (Lipinski definition) is 2. The lowest BCUT2D eigenvalue weighted by Crippen LogP contribution is -2.52. The van der Waals surface area contributed by atoms with Gasteiger partial charge in [0, 0.05) is 18.5 Å². The van der Waals surface area contributed by atoms with Gasteiger partial charge in [-0.3, -0.25) is 19.7 Å². The van der Waals surface area contributed by atoms with Crippen LogP contribution in [0.3, 0.4) is 0 Å². The van der Waals surface area contributed by atoms with Gasteiger partial charge in [-0.15, -0.1) is 5.10 Å². The smallest absolute Gasteiger partial charge is 0.255 e. The Kier molecular flexibility index (Phi) is 4.85. The molecule has 3 heterocycles. The van der Waals surface area contributed by atoms with E-state index in [2.05, 4.69) is 20.9 Å². The summed E-state index contributed by atoms with van der Waals surface area (Å²) in [6, 6.07) is 4.97. The fourth-order valence-electron chi connectivity index (χ4n) is 5.10. The van der Waals surface area contributed by atoms with Crippen LogP contribution in [0.4, 0.5) is 0 Å². The summed E-state index contributed by atoms with van der Waals surface area (Å²) in [5.41, 5.74) is 3.08. The van der Waals surface area contributed by atoms with Crippen LogP contribution in [-0.2, 0) is 21.7 Å². The van der Waals surface area contributed by atoms with E-state index in [1.54, 1.807) is 15.6 Å². The average Bonchev–Trinajstić information content (AvgIpc) is 3.40. The van der Waals surface area contributed by atoms with Crippen LogP contribution in [0.15, 0.2) is 24.4 Å². The van der Waals surface area contributed by atoms with Gasteiger partial charge in [0.25, 0.3) is 5.91 Å². The minimum absolute atomic E-state index is 0.133. The zero-order chi connectivity index (χ0) is 21.6. The Balaban J connectivity index is 1.39. The van der Waals surface area contributed by atoms with E-state index in [1.165, 1.54) is 19.3 Å². The molecular weight excluding hydrogens is 396 g/mol. The molecule has 2 fully saturated rings. The normalized spacial score (nSPS) is 23.1. The molecule has 0 spiro atoms. The number of carbonyl (C=O) groups excluding carboxylic acids is 3.